The molecule has 1 aliphatic rings. The zero-order chi connectivity index (χ0) is 9.80. The molecule has 0 aliphatic heterocycles. The standard InChI is InChI=1S/C11H17N3/c1-12-11(9-4-2-3-5-9)10-6-7-13-8-14-10/h6-9,11-12H,2-5H2,1H3. The lowest BCUT2D eigenvalue weighted by Crippen LogP contribution is -2.24. The molecule has 76 valence electrons. The van der Waals surface area contributed by atoms with Gasteiger partial charge in [-0.15, -0.1) is 0 Å². The van der Waals surface area contributed by atoms with Gasteiger partial charge in [0.05, 0.1) is 11.7 Å². The van der Waals surface area contributed by atoms with Crippen molar-refractivity contribution in [2.75, 3.05) is 7.05 Å². The van der Waals surface area contributed by atoms with Crippen molar-refractivity contribution in [2.24, 2.45) is 5.92 Å². The van der Waals surface area contributed by atoms with E-state index in [0.29, 0.717) is 6.04 Å². The lowest BCUT2D eigenvalue weighted by Gasteiger charge is -2.21. The predicted molar refractivity (Wildman–Crippen MR) is 55.8 cm³/mol. The molecule has 0 spiro atoms. The fourth-order valence-corrected chi connectivity index (χ4v) is 2.40. The van der Waals surface area contributed by atoms with Crippen molar-refractivity contribution in [2.45, 2.75) is 31.7 Å². The third-order valence-corrected chi connectivity index (χ3v) is 3.11. The number of nitrogens with zero attached hydrogens (tertiary/aromatic N) is 2. The first-order valence-corrected chi connectivity index (χ1v) is 5.35. The van der Waals surface area contributed by atoms with E-state index < -0.39 is 0 Å². The van der Waals surface area contributed by atoms with Gasteiger partial charge in [0.15, 0.2) is 0 Å². The molecule has 2 rings (SSSR count). The second kappa shape index (κ2) is 4.51. The van der Waals surface area contributed by atoms with E-state index in [1.807, 2.05) is 19.3 Å². The van der Waals surface area contributed by atoms with E-state index in [4.69, 9.17) is 0 Å². The highest BCUT2D eigenvalue weighted by atomic mass is 14.9. The van der Waals surface area contributed by atoms with Gasteiger partial charge in [0.25, 0.3) is 0 Å². The molecular formula is C11H17N3. The first-order valence-electron chi connectivity index (χ1n) is 5.35. The van der Waals surface area contributed by atoms with Gasteiger partial charge in [0.2, 0.25) is 0 Å². The molecule has 14 heavy (non-hydrogen) atoms. The highest BCUT2D eigenvalue weighted by molar-refractivity contribution is 5.06. The highest BCUT2D eigenvalue weighted by Gasteiger charge is 2.25. The minimum Gasteiger partial charge on any atom is -0.311 e. The van der Waals surface area contributed by atoms with Crippen molar-refractivity contribution < 1.29 is 0 Å². The van der Waals surface area contributed by atoms with Gasteiger partial charge in [-0.2, -0.15) is 0 Å². The maximum Gasteiger partial charge on any atom is 0.115 e. The minimum atomic E-state index is 0.417. The Hall–Kier alpha value is -0.960. The lowest BCUT2D eigenvalue weighted by molar-refractivity contribution is 0.382. The van der Waals surface area contributed by atoms with Crippen molar-refractivity contribution in [1.29, 1.82) is 0 Å². The van der Waals surface area contributed by atoms with Crippen LogP contribution in [0, 0.1) is 5.92 Å². The molecular weight excluding hydrogens is 174 g/mol. The fraction of sp³-hybridized carbons (Fsp3) is 0.636. The Morgan fingerprint density at radius 1 is 1.43 bits per heavy atom. The number of nitrogens with one attached hydrogen (secondary N) is 1. The van der Waals surface area contributed by atoms with Crippen LogP contribution in [0.1, 0.15) is 37.4 Å². The molecule has 1 atom stereocenters. The number of hydrogen-bond acceptors (Lipinski definition) is 3. The quantitative estimate of drug-likeness (QED) is 0.793. The smallest absolute Gasteiger partial charge is 0.115 e. The van der Waals surface area contributed by atoms with Crippen molar-refractivity contribution >= 4 is 0 Å². The summed E-state index contributed by atoms with van der Waals surface area (Å²) in [6.45, 7) is 0. The summed E-state index contributed by atoms with van der Waals surface area (Å²) in [5, 5.41) is 3.37. The van der Waals surface area contributed by atoms with E-state index in [-0.39, 0.29) is 0 Å². The zero-order valence-electron chi connectivity index (χ0n) is 8.61. The molecule has 0 saturated heterocycles. The van der Waals surface area contributed by atoms with Gasteiger partial charge < -0.3 is 5.32 Å². The molecule has 0 amide bonds. The van der Waals surface area contributed by atoms with Gasteiger partial charge in [-0.05, 0) is 31.9 Å². The second-order valence-electron chi connectivity index (χ2n) is 3.95. The monoisotopic (exact) mass is 191 g/mol. The molecule has 3 heteroatoms. The largest absolute Gasteiger partial charge is 0.311 e. The van der Waals surface area contributed by atoms with Crippen molar-refractivity contribution in [3.8, 4) is 0 Å². The molecule has 0 aromatic carbocycles. The average molecular weight is 191 g/mol. The fourth-order valence-electron chi connectivity index (χ4n) is 2.40. The van der Waals surface area contributed by atoms with Crippen LogP contribution in [0.4, 0.5) is 0 Å². The molecule has 1 fully saturated rings. The number of rotatable bonds is 3. The summed E-state index contributed by atoms with van der Waals surface area (Å²) in [7, 11) is 2.02. The van der Waals surface area contributed by atoms with E-state index in [0.717, 1.165) is 11.6 Å². The molecule has 1 saturated carbocycles. The molecule has 1 aromatic heterocycles. The molecule has 1 unspecified atom stereocenters. The van der Waals surface area contributed by atoms with E-state index in [1.54, 1.807) is 6.33 Å². The van der Waals surface area contributed by atoms with Gasteiger partial charge in [-0.3, -0.25) is 0 Å². The van der Waals surface area contributed by atoms with Crippen LogP contribution in [0.25, 0.3) is 0 Å². The normalized spacial score (nSPS) is 19.8. The van der Waals surface area contributed by atoms with Crippen LogP contribution >= 0.6 is 0 Å². The zero-order valence-corrected chi connectivity index (χ0v) is 8.61. The molecule has 1 aliphatic carbocycles. The Kier molecular flexibility index (Phi) is 3.09. The van der Waals surface area contributed by atoms with E-state index >= 15 is 0 Å². The van der Waals surface area contributed by atoms with E-state index in [2.05, 4.69) is 15.3 Å². The van der Waals surface area contributed by atoms with Gasteiger partial charge in [-0.1, -0.05) is 12.8 Å². The topological polar surface area (TPSA) is 37.8 Å². The molecule has 0 radical (unpaired) electrons. The van der Waals surface area contributed by atoms with Crippen LogP contribution < -0.4 is 5.32 Å². The van der Waals surface area contributed by atoms with Crippen LogP contribution in [-0.4, -0.2) is 17.0 Å². The van der Waals surface area contributed by atoms with E-state index in [9.17, 15) is 0 Å². The van der Waals surface area contributed by atoms with Gasteiger partial charge in [0, 0.05) is 6.20 Å². The first-order chi connectivity index (χ1) is 6.92. The highest BCUT2D eigenvalue weighted by Crippen LogP contribution is 2.34. The molecule has 1 aromatic rings. The van der Waals surface area contributed by atoms with Crippen molar-refractivity contribution in [3.63, 3.8) is 0 Å². The predicted octanol–water partition coefficient (Wildman–Crippen LogP) is 1.93. The average Bonchev–Trinajstić information content (AvgIpc) is 2.74. The lowest BCUT2D eigenvalue weighted by atomic mass is 9.95. The summed E-state index contributed by atoms with van der Waals surface area (Å²) in [5.74, 6) is 0.759. The van der Waals surface area contributed by atoms with Crippen LogP contribution in [0.5, 0.6) is 0 Å². The third-order valence-electron chi connectivity index (χ3n) is 3.11. The Bertz CT molecular complexity index is 267. The first kappa shape index (κ1) is 9.59. The van der Waals surface area contributed by atoms with Crippen LogP contribution in [0.2, 0.25) is 0 Å². The van der Waals surface area contributed by atoms with Crippen LogP contribution in [0.15, 0.2) is 18.6 Å². The Balaban J connectivity index is 2.12. The summed E-state index contributed by atoms with van der Waals surface area (Å²) in [6, 6.07) is 2.43. The molecule has 1 N–H and O–H groups in total. The summed E-state index contributed by atoms with van der Waals surface area (Å²) < 4.78 is 0. The second-order valence-corrected chi connectivity index (χ2v) is 3.95. The Morgan fingerprint density at radius 3 is 2.79 bits per heavy atom. The maximum atomic E-state index is 4.32. The molecule has 0 bridgehead atoms. The summed E-state index contributed by atoms with van der Waals surface area (Å²) in [5.41, 5.74) is 1.13. The molecule has 3 nitrogen and oxygen atoms in total. The van der Waals surface area contributed by atoms with Crippen LogP contribution in [0.3, 0.4) is 0 Å². The van der Waals surface area contributed by atoms with Crippen molar-refractivity contribution in [3.05, 3.63) is 24.3 Å². The van der Waals surface area contributed by atoms with Crippen molar-refractivity contribution in [1.82, 2.24) is 15.3 Å². The number of aromatic nitrogens is 2. The SMILES string of the molecule is CNC(c1ccncn1)C1CCCC1. The van der Waals surface area contributed by atoms with Gasteiger partial charge in [-0.25, -0.2) is 9.97 Å². The number of hydrogen-bond donors (Lipinski definition) is 1. The van der Waals surface area contributed by atoms with Gasteiger partial charge >= 0.3 is 0 Å². The Labute approximate surface area is 85.0 Å². The summed E-state index contributed by atoms with van der Waals surface area (Å²) >= 11 is 0. The maximum absolute atomic E-state index is 4.32. The van der Waals surface area contributed by atoms with E-state index in [1.165, 1.54) is 25.7 Å². The molecule has 1 heterocycles. The van der Waals surface area contributed by atoms with Crippen LogP contribution in [-0.2, 0) is 0 Å². The third kappa shape index (κ3) is 1.93. The minimum absolute atomic E-state index is 0.417. The Morgan fingerprint density at radius 2 is 2.21 bits per heavy atom. The van der Waals surface area contributed by atoms with Gasteiger partial charge in [0.1, 0.15) is 6.33 Å². The summed E-state index contributed by atoms with van der Waals surface area (Å²) in [6.07, 6.45) is 8.85. The summed E-state index contributed by atoms with van der Waals surface area (Å²) in [4.78, 5) is 8.27.